The highest BCUT2D eigenvalue weighted by molar-refractivity contribution is 7.16. The number of fused-ring (bicyclic) bond motifs is 1. The van der Waals surface area contributed by atoms with Crippen molar-refractivity contribution in [2.45, 2.75) is 40.0 Å². The predicted molar refractivity (Wildman–Crippen MR) is 112 cm³/mol. The molecule has 2 aromatic carbocycles. The van der Waals surface area contributed by atoms with Gasteiger partial charge in [0.2, 0.25) is 0 Å². The molecular formula is C22H26N2O2S. The number of nitrogens with zero attached hydrogens (tertiary/aromatic N) is 2. The summed E-state index contributed by atoms with van der Waals surface area (Å²) in [4.78, 5) is 17.8. The van der Waals surface area contributed by atoms with E-state index in [9.17, 15) is 4.79 Å². The summed E-state index contributed by atoms with van der Waals surface area (Å²) < 4.78 is 8.90. The predicted octanol–water partition coefficient (Wildman–Crippen LogP) is 5.17. The summed E-state index contributed by atoms with van der Waals surface area (Å²) in [6, 6.07) is 11.6. The minimum atomic E-state index is -0.245. The molecule has 0 aliphatic heterocycles. The largest absolute Gasteiger partial charge is 0.494 e. The second-order valence-electron chi connectivity index (χ2n) is 6.87. The molecule has 0 radical (unpaired) electrons. The fourth-order valence-corrected chi connectivity index (χ4v) is 4.39. The molecule has 0 spiro atoms. The lowest BCUT2D eigenvalue weighted by Crippen LogP contribution is -2.13. The van der Waals surface area contributed by atoms with Crippen LogP contribution in [-0.2, 0) is 7.05 Å². The van der Waals surface area contributed by atoms with Gasteiger partial charge in [0.15, 0.2) is 4.80 Å². The normalized spacial score (nSPS) is 11.9. The van der Waals surface area contributed by atoms with Crippen LogP contribution in [0.3, 0.4) is 0 Å². The maximum absolute atomic E-state index is 12.7. The van der Waals surface area contributed by atoms with Crippen molar-refractivity contribution < 1.29 is 9.53 Å². The fraction of sp³-hybridized carbons (Fsp3) is 0.364. The van der Waals surface area contributed by atoms with Crippen LogP contribution in [0.25, 0.3) is 10.2 Å². The van der Waals surface area contributed by atoms with Gasteiger partial charge in [-0.15, -0.1) is 0 Å². The third kappa shape index (κ3) is 4.48. The lowest BCUT2D eigenvalue weighted by atomic mass is 10.1. The van der Waals surface area contributed by atoms with Gasteiger partial charge in [0.1, 0.15) is 5.75 Å². The van der Waals surface area contributed by atoms with E-state index in [0.29, 0.717) is 17.0 Å². The smallest absolute Gasteiger partial charge is 0.279 e. The zero-order valence-corrected chi connectivity index (χ0v) is 17.2. The zero-order chi connectivity index (χ0) is 19.4. The lowest BCUT2D eigenvalue weighted by Gasteiger charge is -2.06. The molecule has 1 heterocycles. The third-order valence-corrected chi connectivity index (χ3v) is 5.61. The molecule has 3 aromatic rings. The van der Waals surface area contributed by atoms with Crippen LogP contribution in [0.4, 0.5) is 0 Å². The number of amides is 1. The van der Waals surface area contributed by atoms with Gasteiger partial charge in [-0.25, -0.2) is 0 Å². The van der Waals surface area contributed by atoms with Crippen LogP contribution < -0.4 is 9.54 Å². The van der Waals surface area contributed by atoms with Crippen molar-refractivity contribution in [1.82, 2.24) is 4.57 Å². The van der Waals surface area contributed by atoms with Gasteiger partial charge in [-0.1, -0.05) is 43.2 Å². The number of ether oxygens (including phenoxy) is 1. The van der Waals surface area contributed by atoms with Gasteiger partial charge in [0, 0.05) is 12.6 Å². The first-order valence-electron chi connectivity index (χ1n) is 9.38. The molecule has 3 rings (SSSR count). The van der Waals surface area contributed by atoms with Crippen LogP contribution in [0.2, 0.25) is 0 Å². The van der Waals surface area contributed by atoms with E-state index in [1.165, 1.54) is 11.1 Å². The Labute approximate surface area is 164 Å². The molecule has 0 N–H and O–H groups in total. The molecule has 0 aliphatic carbocycles. The number of aryl methyl sites for hydroxylation is 3. The number of hydrogen-bond donors (Lipinski definition) is 0. The highest BCUT2D eigenvalue weighted by Gasteiger charge is 2.10. The number of rotatable bonds is 6. The Kier molecular flexibility index (Phi) is 6.11. The molecule has 0 aliphatic rings. The molecule has 0 saturated carbocycles. The topological polar surface area (TPSA) is 43.6 Å². The van der Waals surface area contributed by atoms with Gasteiger partial charge in [0.25, 0.3) is 5.91 Å². The number of aromatic nitrogens is 1. The molecule has 0 saturated heterocycles. The van der Waals surface area contributed by atoms with Gasteiger partial charge >= 0.3 is 0 Å². The van der Waals surface area contributed by atoms with Crippen LogP contribution in [0.5, 0.6) is 5.75 Å². The Balaban J connectivity index is 1.87. The van der Waals surface area contributed by atoms with Crippen LogP contribution in [-0.4, -0.2) is 17.1 Å². The minimum Gasteiger partial charge on any atom is -0.494 e. The number of hydrogen-bond acceptors (Lipinski definition) is 3. The van der Waals surface area contributed by atoms with Gasteiger partial charge in [0.05, 0.1) is 16.8 Å². The van der Waals surface area contributed by atoms with E-state index in [1.807, 2.05) is 23.7 Å². The second kappa shape index (κ2) is 8.53. The molecular weight excluding hydrogens is 356 g/mol. The van der Waals surface area contributed by atoms with Crippen molar-refractivity contribution in [2.24, 2.45) is 12.0 Å². The quantitative estimate of drug-likeness (QED) is 0.552. The summed E-state index contributed by atoms with van der Waals surface area (Å²) in [6.07, 6.45) is 3.33. The molecule has 27 heavy (non-hydrogen) atoms. The summed E-state index contributed by atoms with van der Waals surface area (Å²) in [5, 5.41) is 0. The molecule has 5 heteroatoms. The maximum Gasteiger partial charge on any atom is 0.279 e. The summed E-state index contributed by atoms with van der Waals surface area (Å²) in [7, 11) is 1.96. The van der Waals surface area contributed by atoms with Crippen molar-refractivity contribution in [1.29, 1.82) is 0 Å². The highest BCUT2D eigenvalue weighted by atomic mass is 32.1. The Morgan fingerprint density at radius 3 is 2.78 bits per heavy atom. The molecule has 0 bridgehead atoms. The summed E-state index contributed by atoms with van der Waals surface area (Å²) in [5.41, 5.74) is 4.09. The first-order valence-corrected chi connectivity index (χ1v) is 10.2. The molecule has 0 fully saturated rings. The van der Waals surface area contributed by atoms with E-state index >= 15 is 0 Å². The van der Waals surface area contributed by atoms with Crippen LogP contribution in [0, 0.1) is 13.8 Å². The van der Waals surface area contributed by atoms with E-state index in [2.05, 4.69) is 37.9 Å². The van der Waals surface area contributed by atoms with Gasteiger partial charge < -0.3 is 9.30 Å². The monoisotopic (exact) mass is 382 g/mol. The second-order valence-corrected chi connectivity index (χ2v) is 7.88. The molecule has 0 unspecified atom stereocenters. The molecule has 1 amide bonds. The lowest BCUT2D eigenvalue weighted by molar-refractivity contribution is 0.0997. The highest BCUT2D eigenvalue weighted by Crippen LogP contribution is 2.22. The van der Waals surface area contributed by atoms with E-state index < -0.39 is 0 Å². The van der Waals surface area contributed by atoms with Crippen molar-refractivity contribution in [3.63, 3.8) is 0 Å². The van der Waals surface area contributed by atoms with E-state index in [4.69, 9.17) is 4.74 Å². The van der Waals surface area contributed by atoms with Crippen LogP contribution in [0.15, 0.2) is 41.4 Å². The Morgan fingerprint density at radius 1 is 1.19 bits per heavy atom. The first-order chi connectivity index (χ1) is 13.0. The third-order valence-electron chi connectivity index (χ3n) is 4.53. The summed E-state index contributed by atoms with van der Waals surface area (Å²) in [6.45, 7) is 7.01. The SMILES string of the molecule is CCCCCOc1cccc(C(=O)N=c2sc3cc(C)cc(C)c3n2C)c1. The van der Waals surface area contributed by atoms with Crippen molar-refractivity contribution in [2.75, 3.05) is 6.61 Å². The van der Waals surface area contributed by atoms with Gasteiger partial charge in [-0.3, -0.25) is 4.79 Å². The minimum absolute atomic E-state index is 0.245. The zero-order valence-electron chi connectivity index (χ0n) is 16.4. The van der Waals surface area contributed by atoms with Crippen molar-refractivity contribution >= 4 is 27.5 Å². The number of thiazole rings is 1. The van der Waals surface area contributed by atoms with Gasteiger partial charge in [-0.05, 0) is 55.7 Å². The van der Waals surface area contributed by atoms with Crippen molar-refractivity contribution in [3.8, 4) is 5.75 Å². The summed E-state index contributed by atoms with van der Waals surface area (Å²) >= 11 is 1.54. The Bertz CT molecular complexity index is 1030. The van der Waals surface area contributed by atoms with E-state index in [1.54, 1.807) is 23.5 Å². The average molecular weight is 383 g/mol. The standard InChI is InChI=1S/C22H26N2O2S/c1-5-6-7-11-26-18-10-8-9-17(14-18)21(25)23-22-24(4)20-16(3)12-15(2)13-19(20)27-22/h8-10,12-14H,5-7,11H2,1-4H3. The molecule has 1 aromatic heterocycles. The summed E-state index contributed by atoms with van der Waals surface area (Å²) in [5.74, 6) is 0.477. The van der Waals surface area contributed by atoms with E-state index in [0.717, 1.165) is 35.2 Å². The van der Waals surface area contributed by atoms with Crippen LogP contribution in [0.1, 0.15) is 47.7 Å². The van der Waals surface area contributed by atoms with Crippen LogP contribution >= 0.6 is 11.3 Å². The number of benzene rings is 2. The van der Waals surface area contributed by atoms with E-state index in [-0.39, 0.29) is 5.91 Å². The molecule has 0 atom stereocenters. The van der Waals surface area contributed by atoms with Gasteiger partial charge in [-0.2, -0.15) is 4.99 Å². The Morgan fingerprint density at radius 2 is 2.00 bits per heavy atom. The number of unbranched alkanes of at least 4 members (excludes halogenated alkanes) is 2. The fourth-order valence-electron chi connectivity index (χ4n) is 3.20. The number of carbonyl (C=O) groups excluding carboxylic acids is 1. The molecule has 4 nitrogen and oxygen atoms in total. The number of carbonyl (C=O) groups is 1. The maximum atomic E-state index is 12.7. The van der Waals surface area contributed by atoms with Crippen molar-refractivity contribution in [3.05, 3.63) is 57.9 Å². The Hall–Kier alpha value is -2.40. The first kappa shape index (κ1) is 19.4. The average Bonchev–Trinajstić information content (AvgIpc) is 2.94. The molecule has 142 valence electrons.